The van der Waals surface area contributed by atoms with Crippen LogP contribution in [0.1, 0.15) is 6.42 Å². The standard InChI is InChI=1S/C22H21NO6S/c1-27-19-12-13-20(28-2)21(15-19)30(25,26)23-17-9-7-6-8-16(14-17)22(24)29-18-10-4-3-5-11-18/h3-6,8-15,23H,7H2,1-2H3. The summed E-state index contributed by atoms with van der Waals surface area (Å²) in [5.41, 5.74) is 0.452. The van der Waals surface area contributed by atoms with E-state index in [1.165, 1.54) is 32.4 Å². The van der Waals surface area contributed by atoms with Gasteiger partial charge in [-0.05, 0) is 36.8 Å². The fraction of sp³-hybridized carbons (Fsp3) is 0.136. The van der Waals surface area contributed by atoms with E-state index in [9.17, 15) is 13.2 Å². The number of allylic oxidation sites excluding steroid dienone is 3. The van der Waals surface area contributed by atoms with Crippen LogP contribution in [0.25, 0.3) is 0 Å². The minimum absolute atomic E-state index is 0.0794. The summed E-state index contributed by atoms with van der Waals surface area (Å²) in [5.74, 6) is 0.343. The summed E-state index contributed by atoms with van der Waals surface area (Å²) in [6.45, 7) is 0. The van der Waals surface area contributed by atoms with Crippen LogP contribution >= 0.6 is 0 Å². The zero-order chi connectivity index (χ0) is 21.6. The van der Waals surface area contributed by atoms with Crippen LogP contribution in [-0.4, -0.2) is 28.6 Å². The number of para-hydroxylation sites is 1. The molecule has 0 aromatic heterocycles. The molecule has 156 valence electrons. The zero-order valence-corrected chi connectivity index (χ0v) is 17.3. The Kier molecular flexibility index (Phi) is 6.58. The third-order valence-corrected chi connectivity index (χ3v) is 5.59. The van der Waals surface area contributed by atoms with Gasteiger partial charge in [-0.2, -0.15) is 0 Å². The van der Waals surface area contributed by atoms with Gasteiger partial charge in [-0.25, -0.2) is 13.2 Å². The molecular formula is C22H21NO6S. The summed E-state index contributed by atoms with van der Waals surface area (Å²) in [6, 6.07) is 13.1. The number of ether oxygens (including phenoxy) is 3. The van der Waals surface area contributed by atoms with Gasteiger partial charge in [0, 0.05) is 11.8 Å². The van der Waals surface area contributed by atoms with Crippen molar-refractivity contribution in [3.8, 4) is 17.2 Å². The van der Waals surface area contributed by atoms with E-state index in [-0.39, 0.29) is 21.9 Å². The van der Waals surface area contributed by atoms with Crippen molar-refractivity contribution in [2.75, 3.05) is 14.2 Å². The first-order valence-corrected chi connectivity index (χ1v) is 10.5. The monoisotopic (exact) mass is 427 g/mol. The molecule has 0 fully saturated rings. The van der Waals surface area contributed by atoms with E-state index in [2.05, 4.69) is 4.72 Å². The third kappa shape index (κ3) is 5.09. The second-order valence-electron chi connectivity index (χ2n) is 6.22. The van der Waals surface area contributed by atoms with Crippen molar-refractivity contribution in [1.82, 2.24) is 4.72 Å². The quantitative estimate of drug-likeness (QED) is 0.538. The van der Waals surface area contributed by atoms with Crippen molar-refractivity contribution in [2.45, 2.75) is 11.3 Å². The summed E-state index contributed by atoms with van der Waals surface area (Å²) in [5, 5.41) is 0. The number of methoxy groups -OCH3 is 2. The van der Waals surface area contributed by atoms with E-state index in [1.54, 1.807) is 48.6 Å². The Labute approximate surface area is 175 Å². The molecule has 1 aliphatic carbocycles. The average molecular weight is 427 g/mol. The van der Waals surface area contributed by atoms with Crippen molar-refractivity contribution in [1.29, 1.82) is 0 Å². The molecule has 0 saturated carbocycles. The Morgan fingerprint density at radius 2 is 1.77 bits per heavy atom. The van der Waals surface area contributed by atoms with Gasteiger partial charge in [0.25, 0.3) is 10.0 Å². The first-order chi connectivity index (χ1) is 14.4. The smallest absolute Gasteiger partial charge is 0.343 e. The van der Waals surface area contributed by atoms with Gasteiger partial charge < -0.3 is 14.2 Å². The Morgan fingerprint density at radius 3 is 2.47 bits per heavy atom. The molecule has 1 aliphatic rings. The minimum Gasteiger partial charge on any atom is -0.497 e. The number of hydrogen-bond acceptors (Lipinski definition) is 6. The number of carbonyl (C=O) groups excluding carboxylic acids is 1. The van der Waals surface area contributed by atoms with Crippen LogP contribution in [0, 0.1) is 0 Å². The highest BCUT2D eigenvalue weighted by atomic mass is 32.2. The van der Waals surface area contributed by atoms with E-state index >= 15 is 0 Å². The topological polar surface area (TPSA) is 90.9 Å². The molecule has 0 aliphatic heterocycles. The number of nitrogens with one attached hydrogen (secondary N) is 1. The molecule has 1 N–H and O–H groups in total. The lowest BCUT2D eigenvalue weighted by molar-refractivity contribution is -0.129. The van der Waals surface area contributed by atoms with E-state index < -0.39 is 16.0 Å². The second kappa shape index (κ2) is 9.32. The molecule has 0 radical (unpaired) electrons. The molecule has 3 rings (SSSR count). The molecule has 0 spiro atoms. The number of esters is 1. The van der Waals surface area contributed by atoms with Crippen LogP contribution in [0.3, 0.4) is 0 Å². The van der Waals surface area contributed by atoms with Gasteiger partial charge in [-0.15, -0.1) is 0 Å². The lowest BCUT2D eigenvalue weighted by atomic mass is 10.2. The maximum atomic E-state index is 13.0. The minimum atomic E-state index is -4.01. The number of sulfonamides is 1. The highest BCUT2D eigenvalue weighted by Gasteiger charge is 2.22. The van der Waals surface area contributed by atoms with Gasteiger partial charge in [0.2, 0.25) is 0 Å². The van der Waals surface area contributed by atoms with E-state index in [0.717, 1.165) is 0 Å². The van der Waals surface area contributed by atoms with Crippen molar-refractivity contribution in [3.05, 3.63) is 84.1 Å². The number of carbonyl (C=O) groups is 1. The van der Waals surface area contributed by atoms with Gasteiger partial charge in [0.1, 0.15) is 22.1 Å². The fourth-order valence-electron chi connectivity index (χ4n) is 2.72. The Hall–Kier alpha value is -3.52. The largest absolute Gasteiger partial charge is 0.497 e. The molecule has 2 aromatic rings. The van der Waals surface area contributed by atoms with Gasteiger partial charge in [-0.3, -0.25) is 4.72 Å². The lowest BCUT2D eigenvalue weighted by Gasteiger charge is -2.13. The second-order valence-corrected chi connectivity index (χ2v) is 7.87. The molecule has 0 heterocycles. The first-order valence-electron chi connectivity index (χ1n) is 9.03. The zero-order valence-electron chi connectivity index (χ0n) is 16.5. The molecule has 0 bridgehead atoms. The van der Waals surface area contributed by atoms with Gasteiger partial charge >= 0.3 is 5.97 Å². The summed E-state index contributed by atoms with van der Waals surface area (Å²) in [4.78, 5) is 12.4. The molecule has 0 unspecified atom stereocenters. The highest BCUT2D eigenvalue weighted by molar-refractivity contribution is 7.89. The molecule has 0 amide bonds. The van der Waals surface area contributed by atoms with Crippen LogP contribution in [0.5, 0.6) is 17.2 Å². The van der Waals surface area contributed by atoms with Crippen LogP contribution in [0.15, 0.2) is 89.0 Å². The summed E-state index contributed by atoms with van der Waals surface area (Å²) in [6.07, 6.45) is 6.86. The normalized spacial score (nSPS) is 13.5. The van der Waals surface area contributed by atoms with E-state index in [0.29, 0.717) is 17.9 Å². The fourth-order valence-corrected chi connectivity index (χ4v) is 3.97. The highest BCUT2D eigenvalue weighted by Crippen LogP contribution is 2.28. The van der Waals surface area contributed by atoms with Gasteiger partial charge in [-0.1, -0.05) is 36.4 Å². The molecule has 0 saturated heterocycles. The average Bonchev–Trinajstić information content (AvgIpc) is 2.99. The van der Waals surface area contributed by atoms with E-state index in [4.69, 9.17) is 14.2 Å². The summed E-state index contributed by atoms with van der Waals surface area (Å²) < 4.78 is 44.1. The van der Waals surface area contributed by atoms with Crippen LogP contribution in [0.4, 0.5) is 0 Å². The van der Waals surface area contributed by atoms with Crippen LogP contribution in [-0.2, 0) is 14.8 Å². The maximum Gasteiger partial charge on any atom is 0.343 e. The molecule has 0 atom stereocenters. The molecule has 2 aromatic carbocycles. The Bertz CT molecular complexity index is 1120. The molecule has 7 nitrogen and oxygen atoms in total. The van der Waals surface area contributed by atoms with Crippen molar-refractivity contribution >= 4 is 16.0 Å². The predicted molar refractivity (Wildman–Crippen MR) is 112 cm³/mol. The third-order valence-electron chi connectivity index (χ3n) is 4.18. The van der Waals surface area contributed by atoms with E-state index in [1.807, 2.05) is 6.07 Å². The summed E-state index contributed by atoms with van der Waals surface area (Å²) in [7, 11) is -1.18. The maximum absolute atomic E-state index is 13.0. The molecular weight excluding hydrogens is 406 g/mol. The van der Waals surface area contributed by atoms with Crippen LogP contribution < -0.4 is 18.9 Å². The predicted octanol–water partition coefficient (Wildman–Crippen LogP) is 3.36. The van der Waals surface area contributed by atoms with Crippen molar-refractivity contribution < 1.29 is 27.4 Å². The van der Waals surface area contributed by atoms with Crippen LogP contribution in [0.2, 0.25) is 0 Å². The first kappa shape index (κ1) is 21.2. The lowest BCUT2D eigenvalue weighted by Crippen LogP contribution is -2.23. The number of hydrogen-bond donors (Lipinski definition) is 1. The van der Waals surface area contributed by atoms with Crippen molar-refractivity contribution in [2.24, 2.45) is 0 Å². The SMILES string of the molecule is COc1ccc(OC)c(S(=O)(=O)NC2=CCC=CC(C(=O)Oc3ccccc3)=C2)c1. The Morgan fingerprint density at radius 1 is 1.00 bits per heavy atom. The Balaban J connectivity index is 1.86. The number of rotatable bonds is 7. The van der Waals surface area contributed by atoms with Gasteiger partial charge in [0.15, 0.2) is 0 Å². The number of benzene rings is 2. The summed E-state index contributed by atoms with van der Waals surface area (Å²) >= 11 is 0. The van der Waals surface area contributed by atoms with Crippen molar-refractivity contribution in [3.63, 3.8) is 0 Å². The van der Waals surface area contributed by atoms with Gasteiger partial charge in [0.05, 0.1) is 19.8 Å². The molecule has 8 heteroatoms. The molecule has 30 heavy (non-hydrogen) atoms.